The highest BCUT2D eigenvalue weighted by atomic mass is 16.3. The Bertz CT molecular complexity index is 335. The lowest BCUT2D eigenvalue weighted by Gasteiger charge is -2.23. The predicted octanol–water partition coefficient (Wildman–Crippen LogP) is 2.32. The number of aliphatic hydroxyl groups excluding tert-OH is 1. The molecule has 1 rings (SSSR count). The normalized spacial score (nSPS) is 14.7. The summed E-state index contributed by atoms with van der Waals surface area (Å²) in [4.78, 5) is 0. The number of hydrogen-bond donors (Lipinski definition) is 3. The van der Waals surface area contributed by atoms with E-state index in [-0.39, 0.29) is 12.6 Å². The highest BCUT2D eigenvalue weighted by Gasteiger charge is 2.13. The Labute approximate surface area is 110 Å². The molecular weight excluding hydrogens is 226 g/mol. The zero-order chi connectivity index (χ0) is 13.5. The maximum absolute atomic E-state index is 9.33. The summed E-state index contributed by atoms with van der Waals surface area (Å²) in [5.41, 5.74) is 1.19. The number of aliphatic hydroxyl groups is 1. The standard InChI is InChI=1S/C15H25NO2/c1-11(2)8-14(10-17)16-12(3)9-13-4-6-15(18)7-5-13/h4-7,11-12,14,16-18H,8-10H2,1-3H3. The third-order valence-electron chi connectivity index (χ3n) is 2.97. The Morgan fingerprint density at radius 2 is 1.72 bits per heavy atom. The summed E-state index contributed by atoms with van der Waals surface area (Å²) in [6.07, 6.45) is 1.88. The van der Waals surface area contributed by atoms with Crippen LogP contribution in [0.4, 0.5) is 0 Å². The molecule has 1 aromatic rings. The number of aromatic hydroxyl groups is 1. The van der Waals surface area contributed by atoms with E-state index < -0.39 is 0 Å². The van der Waals surface area contributed by atoms with Crippen LogP contribution < -0.4 is 5.32 Å². The van der Waals surface area contributed by atoms with Crippen molar-refractivity contribution in [1.82, 2.24) is 5.32 Å². The zero-order valence-corrected chi connectivity index (χ0v) is 11.6. The van der Waals surface area contributed by atoms with E-state index in [0.29, 0.717) is 17.7 Å². The number of phenolic OH excluding ortho intramolecular Hbond substituents is 1. The summed E-state index contributed by atoms with van der Waals surface area (Å²) in [5, 5.41) is 22.0. The minimum Gasteiger partial charge on any atom is -0.508 e. The Kier molecular flexibility index (Phi) is 6.16. The average molecular weight is 251 g/mol. The molecule has 3 nitrogen and oxygen atoms in total. The number of benzene rings is 1. The Morgan fingerprint density at radius 3 is 2.22 bits per heavy atom. The van der Waals surface area contributed by atoms with Crippen molar-refractivity contribution >= 4 is 0 Å². The summed E-state index contributed by atoms with van der Waals surface area (Å²) in [6.45, 7) is 6.62. The second-order valence-corrected chi connectivity index (χ2v) is 5.45. The van der Waals surface area contributed by atoms with Crippen molar-refractivity contribution in [2.75, 3.05) is 6.61 Å². The molecule has 0 aromatic heterocycles. The highest BCUT2D eigenvalue weighted by molar-refractivity contribution is 5.26. The van der Waals surface area contributed by atoms with Gasteiger partial charge in [0.1, 0.15) is 5.75 Å². The monoisotopic (exact) mass is 251 g/mol. The first kappa shape index (κ1) is 15.0. The van der Waals surface area contributed by atoms with Crippen molar-refractivity contribution < 1.29 is 10.2 Å². The van der Waals surface area contributed by atoms with Crippen LogP contribution in [0.15, 0.2) is 24.3 Å². The fourth-order valence-electron chi connectivity index (χ4n) is 2.21. The molecule has 0 heterocycles. The van der Waals surface area contributed by atoms with E-state index in [2.05, 4.69) is 26.1 Å². The first-order valence-electron chi connectivity index (χ1n) is 6.66. The maximum atomic E-state index is 9.33. The Balaban J connectivity index is 2.44. The predicted molar refractivity (Wildman–Crippen MR) is 74.7 cm³/mol. The molecule has 0 radical (unpaired) electrons. The van der Waals surface area contributed by atoms with Crippen molar-refractivity contribution in [3.05, 3.63) is 29.8 Å². The number of hydrogen-bond acceptors (Lipinski definition) is 3. The number of nitrogens with one attached hydrogen (secondary N) is 1. The van der Waals surface area contributed by atoms with Crippen LogP contribution in [0.1, 0.15) is 32.8 Å². The maximum Gasteiger partial charge on any atom is 0.115 e. The molecule has 0 aliphatic rings. The first-order valence-corrected chi connectivity index (χ1v) is 6.66. The van der Waals surface area contributed by atoms with E-state index >= 15 is 0 Å². The lowest BCUT2D eigenvalue weighted by molar-refractivity contribution is 0.214. The van der Waals surface area contributed by atoms with Crippen molar-refractivity contribution in [3.63, 3.8) is 0 Å². The second kappa shape index (κ2) is 7.39. The second-order valence-electron chi connectivity index (χ2n) is 5.45. The molecule has 2 unspecified atom stereocenters. The fraction of sp³-hybridized carbons (Fsp3) is 0.600. The van der Waals surface area contributed by atoms with Crippen molar-refractivity contribution in [1.29, 1.82) is 0 Å². The summed E-state index contributed by atoms with van der Waals surface area (Å²) in [6, 6.07) is 7.76. The van der Waals surface area contributed by atoms with Gasteiger partial charge in [0.25, 0.3) is 0 Å². The molecular formula is C15H25NO2. The first-order chi connectivity index (χ1) is 8.51. The zero-order valence-electron chi connectivity index (χ0n) is 11.6. The molecule has 0 bridgehead atoms. The fourth-order valence-corrected chi connectivity index (χ4v) is 2.21. The molecule has 0 saturated carbocycles. The van der Waals surface area contributed by atoms with Crippen LogP contribution in [-0.2, 0) is 6.42 Å². The topological polar surface area (TPSA) is 52.5 Å². The Morgan fingerprint density at radius 1 is 1.11 bits per heavy atom. The third kappa shape index (κ3) is 5.52. The van der Waals surface area contributed by atoms with Gasteiger partial charge in [0.05, 0.1) is 6.61 Å². The van der Waals surface area contributed by atoms with Crippen LogP contribution in [-0.4, -0.2) is 28.9 Å². The van der Waals surface area contributed by atoms with Crippen LogP contribution in [0.2, 0.25) is 0 Å². The summed E-state index contributed by atoms with van der Waals surface area (Å²) in [5.74, 6) is 0.878. The van der Waals surface area contributed by atoms with Gasteiger partial charge in [0.15, 0.2) is 0 Å². The molecule has 0 saturated heterocycles. The van der Waals surface area contributed by atoms with Gasteiger partial charge < -0.3 is 15.5 Å². The summed E-state index contributed by atoms with van der Waals surface area (Å²) >= 11 is 0. The molecule has 0 aliphatic heterocycles. The molecule has 1 aromatic carbocycles. The van der Waals surface area contributed by atoms with Crippen molar-refractivity contribution in [3.8, 4) is 5.75 Å². The molecule has 102 valence electrons. The van der Waals surface area contributed by atoms with Gasteiger partial charge in [0, 0.05) is 12.1 Å². The van der Waals surface area contributed by atoms with Gasteiger partial charge in [-0.05, 0) is 43.4 Å². The number of phenols is 1. The van der Waals surface area contributed by atoms with Crippen LogP contribution >= 0.6 is 0 Å². The molecule has 0 aliphatic carbocycles. The lowest BCUT2D eigenvalue weighted by Crippen LogP contribution is -2.40. The Hall–Kier alpha value is -1.06. The van der Waals surface area contributed by atoms with E-state index in [1.807, 2.05) is 12.1 Å². The van der Waals surface area contributed by atoms with E-state index in [0.717, 1.165) is 12.8 Å². The van der Waals surface area contributed by atoms with E-state index in [4.69, 9.17) is 0 Å². The molecule has 18 heavy (non-hydrogen) atoms. The van der Waals surface area contributed by atoms with Gasteiger partial charge in [-0.2, -0.15) is 0 Å². The van der Waals surface area contributed by atoms with Crippen LogP contribution in [0.5, 0.6) is 5.75 Å². The minimum atomic E-state index is 0.164. The number of rotatable bonds is 7. The van der Waals surface area contributed by atoms with E-state index in [9.17, 15) is 10.2 Å². The SMILES string of the molecule is CC(C)CC(CO)NC(C)Cc1ccc(O)cc1. The van der Waals surface area contributed by atoms with Crippen molar-refractivity contribution in [2.24, 2.45) is 5.92 Å². The van der Waals surface area contributed by atoms with Gasteiger partial charge in [-0.15, -0.1) is 0 Å². The molecule has 3 N–H and O–H groups in total. The van der Waals surface area contributed by atoms with Gasteiger partial charge in [-0.3, -0.25) is 0 Å². The van der Waals surface area contributed by atoms with Gasteiger partial charge >= 0.3 is 0 Å². The average Bonchev–Trinajstić information content (AvgIpc) is 2.30. The lowest BCUT2D eigenvalue weighted by atomic mass is 10.0. The van der Waals surface area contributed by atoms with Crippen LogP contribution in [0.3, 0.4) is 0 Å². The van der Waals surface area contributed by atoms with Gasteiger partial charge in [0.2, 0.25) is 0 Å². The summed E-state index contributed by atoms with van der Waals surface area (Å²) < 4.78 is 0. The molecule has 0 amide bonds. The van der Waals surface area contributed by atoms with E-state index in [1.165, 1.54) is 5.56 Å². The van der Waals surface area contributed by atoms with Gasteiger partial charge in [-0.1, -0.05) is 26.0 Å². The molecule has 0 fully saturated rings. The minimum absolute atomic E-state index is 0.164. The van der Waals surface area contributed by atoms with Crippen LogP contribution in [0, 0.1) is 5.92 Å². The third-order valence-corrected chi connectivity index (χ3v) is 2.97. The van der Waals surface area contributed by atoms with E-state index in [1.54, 1.807) is 12.1 Å². The van der Waals surface area contributed by atoms with Gasteiger partial charge in [-0.25, -0.2) is 0 Å². The quantitative estimate of drug-likeness (QED) is 0.697. The smallest absolute Gasteiger partial charge is 0.115 e. The van der Waals surface area contributed by atoms with Crippen molar-refractivity contribution in [2.45, 2.75) is 45.7 Å². The highest BCUT2D eigenvalue weighted by Crippen LogP contribution is 2.12. The molecule has 0 spiro atoms. The summed E-state index contributed by atoms with van der Waals surface area (Å²) in [7, 11) is 0. The van der Waals surface area contributed by atoms with Crippen LogP contribution in [0.25, 0.3) is 0 Å². The molecule has 3 heteroatoms. The molecule has 2 atom stereocenters. The largest absolute Gasteiger partial charge is 0.508 e.